The summed E-state index contributed by atoms with van der Waals surface area (Å²) < 4.78 is 38.9. The average molecular weight is 645 g/mol. The van der Waals surface area contributed by atoms with Crippen molar-refractivity contribution < 1.29 is 27.3 Å². The van der Waals surface area contributed by atoms with E-state index in [2.05, 4.69) is 24.2 Å². The molecule has 10 nitrogen and oxygen atoms in total. The predicted octanol–water partition coefficient (Wildman–Crippen LogP) is 5.31. The largest absolute Gasteiger partial charge is 0.493 e. The van der Waals surface area contributed by atoms with Crippen LogP contribution in [0.3, 0.4) is 0 Å². The van der Waals surface area contributed by atoms with E-state index in [-0.39, 0.29) is 18.4 Å². The van der Waals surface area contributed by atoms with Gasteiger partial charge in [-0.05, 0) is 85.2 Å². The Bertz CT molecular complexity index is 1830. The summed E-state index contributed by atoms with van der Waals surface area (Å²) in [7, 11) is -2.67. The number of rotatable bonds is 12. The van der Waals surface area contributed by atoms with Crippen molar-refractivity contribution in [2.24, 2.45) is 0 Å². The topological polar surface area (TPSA) is 122 Å². The molecule has 5 rings (SSSR count). The van der Waals surface area contributed by atoms with Gasteiger partial charge in [0.15, 0.2) is 0 Å². The number of hydrogen-bond acceptors (Lipinski definition) is 6. The van der Waals surface area contributed by atoms with Crippen LogP contribution in [0.25, 0.3) is 11.1 Å². The molecule has 1 aromatic heterocycles. The molecule has 4 aromatic rings. The minimum absolute atomic E-state index is 0.0939. The van der Waals surface area contributed by atoms with Crippen molar-refractivity contribution in [3.8, 4) is 16.9 Å². The van der Waals surface area contributed by atoms with Crippen LogP contribution in [-0.2, 0) is 27.9 Å². The minimum Gasteiger partial charge on any atom is -0.493 e. The third kappa shape index (κ3) is 8.02. The number of fused-ring (bicyclic) bond motifs is 1. The molecule has 2 amide bonds. The number of carbonyl (C=O) groups is 2. The summed E-state index contributed by atoms with van der Waals surface area (Å²) in [5.41, 5.74) is 7.66. The van der Waals surface area contributed by atoms with Crippen LogP contribution >= 0.6 is 0 Å². The molecule has 0 bridgehead atoms. The number of aromatic nitrogens is 2. The summed E-state index contributed by atoms with van der Waals surface area (Å²) in [6, 6.07) is 19.2. The molecule has 0 fully saturated rings. The Morgan fingerprint density at radius 3 is 2.65 bits per heavy atom. The van der Waals surface area contributed by atoms with Gasteiger partial charge in [-0.2, -0.15) is 13.5 Å². The standard InChI is InChI=1S/C35H40N4O6S/c1-25-9-4-15-33(26(25)2)45-19-8-16-34(40)39-17-7-13-31-30(12-6-14-32(31)39)29-22-36-38(24-29)23-27-10-5-11-28(21-27)35(41)37(3)18-20-46(42,43)44/h4-6,9-12,14-15,21-22,24H,7-8,13,16-20,23H2,1-3H3,(H,42,43,44). The van der Waals surface area contributed by atoms with E-state index in [1.54, 1.807) is 18.2 Å². The summed E-state index contributed by atoms with van der Waals surface area (Å²) >= 11 is 0. The van der Waals surface area contributed by atoms with Gasteiger partial charge < -0.3 is 14.5 Å². The molecule has 1 aliphatic rings. The third-order valence-electron chi connectivity index (χ3n) is 8.39. The summed E-state index contributed by atoms with van der Waals surface area (Å²) in [5.74, 6) is 0.0964. The Morgan fingerprint density at radius 2 is 1.85 bits per heavy atom. The number of nitrogens with zero attached hydrogens (tertiary/aromatic N) is 4. The molecule has 0 aliphatic carbocycles. The molecule has 0 radical (unpaired) electrons. The van der Waals surface area contributed by atoms with Crippen LogP contribution in [0.5, 0.6) is 5.75 Å². The molecule has 3 aromatic carbocycles. The highest BCUT2D eigenvalue weighted by Crippen LogP contribution is 2.36. The van der Waals surface area contributed by atoms with Crippen LogP contribution in [0.4, 0.5) is 5.69 Å². The van der Waals surface area contributed by atoms with E-state index in [0.717, 1.165) is 52.1 Å². The molecule has 242 valence electrons. The van der Waals surface area contributed by atoms with Crippen LogP contribution < -0.4 is 9.64 Å². The summed E-state index contributed by atoms with van der Waals surface area (Å²) in [6.07, 6.45) is 6.57. The molecule has 11 heteroatoms. The predicted molar refractivity (Wildman–Crippen MR) is 178 cm³/mol. The number of ether oxygens (including phenoxy) is 1. The molecular weight excluding hydrogens is 604 g/mol. The first-order valence-electron chi connectivity index (χ1n) is 15.4. The maximum absolute atomic E-state index is 13.3. The van der Waals surface area contributed by atoms with Crippen LogP contribution in [0.2, 0.25) is 0 Å². The average Bonchev–Trinajstić information content (AvgIpc) is 3.50. The lowest BCUT2D eigenvalue weighted by atomic mass is 9.93. The number of anilines is 1. The van der Waals surface area contributed by atoms with Crippen LogP contribution in [0.15, 0.2) is 73.1 Å². The van der Waals surface area contributed by atoms with Crippen LogP contribution in [0, 0.1) is 13.8 Å². The maximum atomic E-state index is 13.3. The Balaban J connectivity index is 1.23. The van der Waals surface area contributed by atoms with E-state index in [0.29, 0.717) is 38.1 Å². The normalized spacial score (nSPS) is 12.9. The van der Waals surface area contributed by atoms with E-state index < -0.39 is 15.9 Å². The molecule has 0 spiro atoms. The van der Waals surface area contributed by atoms with Crippen LogP contribution in [0.1, 0.15) is 51.9 Å². The number of hydrogen-bond donors (Lipinski definition) is 1. The SMILES string of the molecule is Cc1cccc(OCCCC(=O)N2CCCc3c(-c4cnn(Cc5cccc(C(=O)N(C)CCS(=O)(=O)O)c5)c4)cccc32)c1C. The Hall–Kier alpha value is -4.48. The van der Waals surface area contributed by atoms with Crippen molar-refractivity contribution in [2.75, 3.05) is 37.4 Å². The van der Waals surface area contributed by atoms with Crippen LogP contribution in [-0.4, -0.2) is 72.0 Å². The first-order valence-corrected chi connectivity index (χ1v) is 17.0. The van der Waals surface area contributed by atoms with Crippen molar-refractivity contribution >= 4 is 27.6 Å². The summed E-state index contributed by atoms with van der Waals surface area (Å²) in [5, 5.41) is 4.58. The van der Waals surface area contributed by atoms with Crippen molar-refractivity contribution in [3.05, 3.63) is 101 Å². The highest BCUT2D eigenvalue weighted by molar-refractivity contribution is 7.85. The van der Waals surface area contributed by atoms with E-state index in [4.69, 9.17) is 9.29 Å². The Kier molecular flexibility index (Phi) is 10.2. The number of carbonyl (C=O) groups excluding carboxylic acids is 2. The Labute approximate surface area is 270 Å². The molecular formula is C35H40N4O6S. The van der Waals surface area contributed by atoms with Gasteiger partial charge in [0.05, 0.1) is 25.1 Å². The highest BCUT2D eigenvalue weighted by Gasteiger charge is 2.25. The van der Waals surface area contributed by atoms with E-state index in [1.807, 2.05) is 59.2 Å². The monoisotopic (exact) mass is 644 g/mol. The molecule has 2 heterocycles. The van der Waals surface area contributed by atoms with Gasteiger partial charge >= 0.3 is 0 Å². The van der Waals surface area contributed by atoms with E-state index >= 15 is 0 Å². The quantitative estimate of drug-likeness (QED) is 0.164. The first-order chi connectivity index (χ1) is 22.0. The minimum atomic E-state index is -4.16. The zero-order valence-corrected chi connectivity index (χ0v) is 27.3. The summed E-state index contributed by atoms with van der Waals surface area (Å²) in [4.78, 5) is 29.3. The van der Waals surface area contributed by atoms with Gasteiger partial charge in [0, 0.05) is 49.6 Å². The fraction of sp³-hybridized carbons (Fsp3) is 0.343. The molecule has 0 unspecified atom stereocenters. The molecule has 1 N–H and O–H groups in total. The lowest BCUT2D eigenvalue weighted by Gasteiger charge is -2.31. The van der Waals surface area contributed by atoms with Gasteiger partial charge in [-0.15, -0.1) is 0 Å². The molecule has 1 aliphatic heterocycles. The van der Waals surface area contributed by atoms with Gasteiger partial charge in [0.25, 0.3) is 16.0 Å². The number of aryl methyl sites for hydroxylation is 1. The summed E-state index contributed by atoms with van der Waals surface area (Å²) in [6.45, 7) is 5.59. The van der Waals surface area contributed by atoms with Gasteiger partial charge in [-0.1, -0.05) is 36.4 Å². The van der Waals surface area contributed by atoms with Gasteiger partial charge in [-0.25, -0.2) is 0 Å². The fourth-order valence-electron chi connectivity index (χ4n) is 5.73. The number of amides is 2. The zero-order chi connectivity index (χ0) is 32.8. The lowest BCUT2D eigenvalue weighted by molar-refractivity contribution is -0.118. The molecule has 0 atom stereocenters. The lowest BCUT2D eigenvalue weighted by Crippen LogP contribution is -2.35. The second-order valence-corrected chi connectivity index (χ2v) is 13.3. The smallest absolute Gasteiger partial charge is 0.266 e. The van der Waals surface area contributed by atoms with Crippen molar-refractivity contribution in [3.63, 3.8) is 0 Å². The van der Waals surface area contributed by atoms with E-state index in [9.17, 15) is 18.0 Å². The van der Waals surface area contributed by atoms with Crippen molar-refractivity contribution in [2.45, 2.75) is 46.1 Å². The van der Waals surface area contributed by atoms with Gasteiger partial charge in [0.1, 0.15) is 5.75 Å². The van der Waals surface area contributed by atoms with E-state index in [1.165, 1.54) is 17.5 Å². The van der Waals surface area contributed by atoms with Crippen molar-refractivity contribution in [1.82, 2.24) is 14.7 Å². The molecule has 46 heavy (non-hydrogen) atoms. The third-order valence-corrected chi connectivity index (χ3v) is 9.09. The van der Waals surface area contributed by atoms with Gasteiger partial charge in [0.2, 0.25) is 5.91 Å². The molecule has 0 saturated carbocycles. The Morgan fingerprint density at radius 1 is 1.07 bits per heavy atom. The highest BCUT2D eigenvalue weighted by atomic mass is 32.2. The molecule has 0 saturated heterocycles. The first kappa shape index (κ1) is 32.9. The number of benzene rings is 3. The second kappa shape index (κ2) is 14.3. The van der Waals surface area contributed by atoms with Gasteiger partial charge in [-0.3, -0.25) is 18.8 Å². The van der Waals surface area contributed by atoms with Crippen molar-refractivity contribution in [1.29, 1.82) is 0 Å². The zero-order valence-electron chi connectivity index (χ0n) is 26.5. The second-order valence-electron chi connectivity index (χ2n) is 11.7. The fourth-order valence-corrected chi connectivity index (χ4v) is 6.23. The maximum Gasteiger partial charge on any atom is 0.266 e.